The number of rotatable bonds is 6. The van der Waals surface area contributed by atoms with Crippen LogP contribution < -0.4 is 0 Å². The Labute approximate surface area is 179 Å². The summed E-state index contributed by atoms with van der Waals surface area (Å²) in [5, 5.41) is 7.42. The summed E-state index contributed by atoms with van der Waals surface area (Å²) >= 11 is 1.54. The first-order valence-corrected chi connectivity index (χ1v) is 10.5. The normalized spacial score (nSPS) is 11.1. The fraction of sp³-hybridized carbons (Fsp3) is 0.125. The first-order chi connectivity index (χ1) is 14.6. The van der Waals surface area contributed by atoms with Crippen LogP contribution in [0.2, 0.25) is 0 Å². The van der Waals surface area contributed by atoms with Gasteiger partial charge in [-0.3, -0.25) is 0 Å². The molecule has 0 radical (unpaired) electrons. The number of aryl methyl sites for hydroxylation is 1. The third-order valence-corrected chi connectivity index (χ3v) is 5.61. The summed E-state index contributed by atoms with van der Waals surface area (Å²) in [6, 6.07) is 19.9. The summed E-state index contributed by atoms with van der Waals surface area (Å²) in [6.07, 6.45) is 3.20. The minimum Gasteiger partial charge on any atom is -0.456 e. The molecule has 0 unspecified atom stereocenters. The van der Waals surface area contributed by atoms with Crippen LogP contribution in [0.1, 0.15) is 22.6 Å². The third-order valence-electron chi connectivity index (χ3n) is 4.67. The number of thiazole rings is 1. The number of aromatic nitrogens is 3. The van der Waals surface area contributed by atoms with Gasteiger partial charge in [0.25, 0.3) is 0 Å². The lowest BCUT2D eigenvalue weighted by Gasteiger charge is -2.03. The Hall–Kier alpha value is -3.51. The first kappa shape index (κ1) is 19.8. The zero-order valence-electron chi connectivity index (χ0n) is 16.8. The lowest BCUT2D eigenvalue weighted by Crippen LogP contribution is -2.01. The van der Waals surface area contributed by atoms with Crippen LogP contribution in [0.5, 0.6) is 0 Å². The third kappa shape index (κ3) is 4.39. The van der Waals surface area contributed by atoms with Crippen LogP contribution in [-0.2, 0) is 16.1 Å². The number of ether oxygens (including phenoxy) is 1. The number of esters is 1. The van der Waals surface area contributed by atoms with E-state index in [9.17, 15) is 4.79 Å². The second-order valence-corrected chi connectivity index (χ2v) is 7.64. The molecule has 2 aromatic carbocycles. The van der Waals surface area contributed by atoms with Gasteiger partial charge in [0, 0.05) is 28.3 Å². The molecule has 2 heterocycles. The van der Waals surface area contributed by atoms with E-state index >= 15 is 0 Å². The van der Waals surface area contributed by atoms with Crippen LogP contribution in [0.3, 0.4) is 0 Å². The molecule has 4 rings (SSSR count). The van der Waals surface area contributed by atoms with Crippen molar-refractivity contribution in [3.05, 3.63) is 94.8 Å². The lowest BCUT2D eigenvalue weighted by molar-refractivity contribution is -0.139. The van der Waals surface area contributed by atoms with Gasteiger partial charge in [0.1, 0.15) is 11.6 Å². The van der Waals surface area contributed by atoms with Crippen LogP contribution in [0.4, 0.5) is 0 Å². The quantitative estimate of drug-likeness (QED) is 0.314. The Morgan fingerprint density at radius 2 is 1.77 bits per heavy atom. The van der Waals surface area contributed by atoms with Gasteiger partial charge in [-0.15, -0.1) is 11.3 Å². The molecule has 30 heavy (non-hydrogen) atoms. The Morgan fingerprint density at radius 3 is 2.50 bits per heavy atom. The highest BCUT2D eigenvalue weighted by atomic mass is 32.1. The first-order valence-electron chi connectivity index (χ1n) is 9.58. The van der Waals surface area contributed by atoms with Crippen molar-refractivity contribution in [2.24, 2.45) is 0 Å². The van der Waals surface area contributed by atoms with Crippen molar-refractivity contribution in [2.45, 2.75) is 20.5 Å². The van der Waals surface area contributed by atoms with Crippen LogP contribution >= 0.6 is 11.3 Å². The Morgan fingerprint density at radius 1 is 1.07 bits per heavy atom. The van der Waals surface area contributed by atoms with Crippen molar-refractivity contribution >= 4 is 23.4 Å². The highest BCUT2D eigenvalue weighted by Crippen LogP contribution is 2.23. The average Bonchev–Trinajstić information content (AvgIpc) is 3.37. The molecule has 150 valence electrons. The van der Waals surface area contributed by atoms with Gasteiger partial charge in [0.2, 0.25) is 0 Å². The van der Waals surface area contributed by atoms with E-state index in [-0.39, 0.29) is 6.61 Å². The molecule has 0 aliphatic carbocycles. The van der Waals surface area contributed by atoms with E-state index in [4.69, 9.17) is 4.74 Å². The minimum absolute atomic E-state index is 0.147. The van der Waals surface area contributed by atoms with Crippen molar-refractivity contribution in [1.82, 2.24) is 14.8 Å². The lowest BCUT2D eigenvalue weighted by atomic mass is 10.2. The molecule has 0 bridgehead atoms. The van der Waals surface area contributed by atoms with Gasteiger partial charge in [0.05, 0.1) is 17.1 Å². The van der Waals surface area contributed by atoms with E-state index in [1.54, 1.807) is 6.08 Å². The van der Waals surface area contributed by atoms with Crippen molar-refractivity contribution in [3.63, 3.8) is 0 Å². The number of nitrogens with zero attached hydrogens (tertiary/aromatic N) is 3. The van der Waals surface area contributed by atoms with E-state index in [0.717, 1.165) is 38.9 Å². The fourth-order valence-corrected chi connectivity index (χ4v) is 3.96. The van der Waals surface area contributed by atoms with Gasteiger partial charge in [-0.1, -0.05) is 48.5 Å². The van der Waals surface area contributed by atoms with Crippen LogP contribution in [0.15, 0.2) is 72.1 Å². The maximum atomic E-state index is 12.2. The molecule has 5 nitrogen and oxygen atoms in total. The van der Waals surface area contributed by atoms with Crippen molar-refractivity contribution in [1.29, 1.82) is 0 Å². The summed E-state index contributed by atoms with van der Waals surface area (Å²) in [4.78, 5) is 16.7. The summed E-state index contributed by atoms with van der Waals surface area (Å²) in [5.41, 5.74) is 5.52. The highest BCUT2D eigenvalue weighted by Gasteiger charge is 2.11. The number of hydrogen-bond donors (Lipinski definition) is 0. The molecule has 0 atom stereocenters. The van der Waals surface area contributed by atoms with Crippen molar-refractivity contribution in [2.75, 3.05) is 0 Å². The molecule has 2 aromatic heterocycles. The molecule has 6 heteroatoms. The molecule has 0 fully saturated rings. The number of hydrogen-bond acceptors (Lipinski definition) is 5. The number of para-hydroxylation sites is 1. The van der Waals surface area contributed by atoms with Crippen molar-refractivity contribution < 1.29 is 9.53 Å². The SMILES string of the molecule is Cc1nn(-c2ccccc2)c(C)c1/C=C/C(=O)OCc1csc(-c2ccccc2)n1. The summed E-state index contributed by atoms with van der Waals surface area (Å²) in [7, 11) is 0. The van der Waals surface area contributed by atoms with E-state index in [0.29, 0.717) is 0 Å². The molecule has 0 N–H and O–H groups in total. The summed E-state index contributed by atoms with van der Waals surface area (Å²) in [5.74, 6) is -0.407. The zero-order chi connectivity index (χ0) is 20.9. The summed E-state index contributed by atoms with van der Waals surface area (Å²) < 4.78 is 7.24. The highest BCUT2D eigenvalue weighted by molar-refractivity contribution is 7.13. The van der Waals surface area contributed by atoms with Crippen molar-refractivity contribution in [3.8, 4) is 16.3 Å². The Balaban J connectivity index is 1.40. The Bertz CT molecular complexity index is 1180. The topological polar surface area (TPSA) is 57.0 Å². The van der Waals surface area contributed by atoms with E-state index < -0.39 is 5.97 Å². The van der Waals surface area contributed by atoms with E-state index in [2.05, 4.69) is 10.1 Å². The molecule has 0 saturated carbocycles. The molecule has 0 aliphatic rings. The van der Waals surface area contributed by atoms with Gasteiger partial charge in [0.15, 0.2) is 0 Å². The monoisotopic (exact) mass is 415 g/mol. The van der Waals surface area contributed by atoms with Crippen LogP contribution in [-0.4, -0.2) is 20.7 Å². The standard InChI is InChI=1S/C24H21N3O2S/c1-17-22(18(2)27(26-17)21-11-7-4-8-12-21)13-14-23(28)29-15-20-16-30-24(25-20)19-9-5-3-6-10-19/h3-14,16H,15H2,1-2H3/b14-13+. The molecular formula is C24H21N3O2S. The molecule has 0 aliphatic heterocycles. The second kappa shape index (κ2) is 8.88. The fourth-order valence-electron chi connectivity index (χ4n) is 3.15. The largest absolute Gasteiger partial charge is 0.456 e. The minimum atomic E-state index is -0.407. The van der Waals surface area contributed by atoms with Gasteiger partial charge in [-0.25, -0.2) is 14.5 Å². The molecule has 0 amide bonds. The van der Waals surface area contributed by atoms with Gasteiger partial charge >= 0.3 is 5.97 Å². The van der Waals surface area contributed by atoms with Crippen LogP contribution in [0.25, 0.3) is 22.3 Å². The molecular weight excluding hydrogens is 394 g/mol. The van der Waals surface area contributed by atoms with Gasteiger partial charge in [-0.05, 0) is 32.1 Å². The smallest absolute Gasteiger partial charge is 0.331 e. The predicted octanol–water partition coefficient (Wildman–Crippen LogP) is 5.37. The molecule has 0 spiro atoms. The Kier molecular flexibility index (Phi) is 5.86. The molecule has 4 aromatic rings. The number of carbonyl (C=O) groups excluding carboxylic acids is 1. The maximum Gasteiger partial charge on any atom is 0.331 e. The average molecular weight is 416 g/mol. The summed E-state index contributed by atoms with van der Waals surface area (Å²) in [6.45, 7) is 4.06. The second-order valence-electron chi connectivity index (χ2n) is 6.78. The van der Waals surface area contributed by atoms with Gasteiger partial charge < -0.3 is 4.74 Å². The van der Waals surface area contributed by atoms with E-state index in [1.165, 1.54) is 17.4 Å². The molecule has 0 saturated heterocycles. The van der Waals surface area contributed by atoms with E-state index in [1.807, 2.05) is 84.6 Å². The van der Waals surface area contributed by atoms with Crippen LogP contribution in [0, 0.1) is 13.8 Å². The van der Waals surface area contributed by atoms with Gasteiger partial charge in [-0.2, -0.15) is 5.10 Å². The maximum absolute atomic E-state index is 12.2. The number of carbonyl (C=O) groups is 1. The zero-order valence-corrected chi connectivity index (χ0v) is 17.6. The number of benzene rings is 2. The predicted molar refractivity (Wildman–Crippen MR) is 119 cm³/mol.